The van der Waals surface area contributed by atoms with E-state index in [4.69, 9.17) is 0 Å². The minimum absolute atomic E-state index is 0.0447. The molecule has 0 spiro atoms. The number of nitrogens with one attached hydrogen (secondary N) is 2. The van der Waals surface area contributed by atoms with Crippen molar-refractivity contribution in [2.45, 2.75) is 30.4 Å². The van der Waals surface area contributed by atoms with Crippen LogP contribution in [-0.2, 0) is 34.1 Å². The molecule has 0 aromatic heterocycles. The fourth-order valence-corrected chi connectivity index (χ4v) is 3.44. The van der Waals surface area contributed by atoms with Crippen LogP contribution in [-0.4, -0.2) is 26.6 Å². The van der Waals surface area contributed by atoms with Gasteiger partial charge in [0.15, 0.2) is 9.84 Å². The van der Waals surface area contributed by atoms with Gasteiger partial charge in [-0.15, -0.1) is 0 Å². The molecule has 5 nitrogen and oxygen atoms in total. The molecule has 24 heavy (non-hydrogen) atoms. The molecule has 3 rings (SSSR count). The number of hydrogen-bond donors (Lipinski definition) is 2. The lowest BCUT2D eigenvalue weighted by Gasteiger charge is -2.25. The van der Waals surface area contributed by atoms with Crippen molar-refractivity contribution >= 4 is 15.7 Å². The first kappa shape index (κ1) is 16.7. The first-order valence-electron chi connectivity index (χ1n) is 7.80. The van der Waals surface area contributed by atoms with Gasteiger partial charge in [-0.1, -0.05) is 36.4 Å². The molecule has 0 radical (unpaired) electrons. The number of amides is 1. The van der Waals surface area contributed by atoms with Crippen LogP contribution >= 0.6 is 0 Å². The maximum Gasteiger partial charge on any atom is 0.237 e. The van der Waals surface area contributed by atoms with Crippen LogP contribution in [0.4, 0.5) is 0 Å². The number of carbonyl (C=O) groups is 1. The first-order chi connectivity index (χ1) is 11.4. The molecule has 0 saturated carbocycles. The van der Waals surface area contributed by atoms with Gasteiger partial charge in [-0.05, 0) is 35.2 Å². The highest BCUT2D eigenvalue weighted by molar-refractivity contribution is 7.90. The summed E-state index contributed by atoms with van der Waals surface area (Å²) in [5.41, 5.74) is 3.30. The lowest BCUT2D eigenvalue weighted by Crippen LogP contribution is -2.47. The maximum atomic E-state index is 12.3. The second-order valence-corrected chi connectivity index (χ2v) is 8.06. The van der Waals surface area contributed by atoms with Gasteiger partial charge in [0.25, 0.3) is 0 Å². The lowest BCUT2D eigenvalue weighted by molar-refractivity contribution is -0.123. The van der Waals surface area contributed by atoms with Crippen molar-refractivity contribution in [3.63, 3.8) is 0 Å². The number of fused-ring (bicyclic) bond motifs is 1. The van der Waals surface area contributed by atoms with E-state index >= 15 is 0 Å². The zero-order chi connectivity index (χ0) is 17.2. The Morgan fingerprint density at radius 2 is 1.79 bits per heavy atom. The van der Waals surface area contributed by atoms with Gasteiger partial charge in [-0.25, -0.2) is 8.42 Å². The smallest absolute Gasteiger partial charge is 0.237 e. The quantitative estimate of drug-likeness (QED) is 0.880. The highest BCUT2D eigenvalue weighted by Crippen LogP contribution is 2.16. The van der Waals surface area contributed by atoms with E-state index in [-0.39, 0.29) is 16.8 Å². The minimum atomic E-state index is -3.19. The van der Waals surface area contributed by atoms with E-state index in [2.05, 4.69) is 22.8 Å². The number of sulfone groups is 1. The summed E-state index contributed by atoms with van der Waals surface area (Å²) in [6.45, 7) is 1.07. The van der Waals surface area contributed by atoms with E-state index in [9.17, 15) is 13.2 Å². The minimum Gasteiger partial charge on any atom is -0.351 e. The number of carbonyl (C=O) groups excluding carboxylic acids is 1. The zero-order valence-corrected chi connectivity index (χ0v) is 14.3. The molecule has 1 atom stereocenters. The van der Waals surface area contributed by atoms with Crippen LogP contribution < -0.4 is 10.6 Å². The van der Waals surface area contributed by atoms with Crippen molar-refractivity contribution < 1.29 is 13.2 Å². The van der Waals surface area contributed by atoms with Crippen LogP contribution in [0.3, 0.4) is 0 Å². The van der Waals surface area contributed by atoms with Crippen molar-refractivity contribution in [2.75, 3.05) is 6.26 Å². The van der Waals surface area contributed by atoms with E-state index in [0.29, 0.717) is 19.5 Å². The maximum absolute atomic E-state index is 12.3. The Kier molecular flexibility index (Phi) is 4.69. The molecule has 1 unspecified atom stereocenters. The Morgan fingerprint density at radius 1 is 1.12 bits per heavy atom. The third-order valence-corrected chi connectivity index (χ3v) is 5.34. The summed E-state index contributed by atoms with van der Waals surface area (Å²) in [6, 6.07) is 14.4. The zero-order valence-electron chi connectivity index (χ0n) is 13.5. The molecule has 2 aromatic carbocycles. The molecule has 2 aromatic rings. The molecule has 1 heterocycles. The van der Waals surface area contributed by atoms with Crippen LogP contribution in [0.25, 0.3) is 0 Å². The second-order valence-electron chi connectivity index (χ2n) is 6.04. The van der Waals surface area contributed by atoms with Gasteiger partial charge in [0.2, 0.25) is 5.91 Å². The monoisotopic (exact) mass is 344 g/mol. The molecule has 1 aliphatic heterocycles. The Labute approximate surface area is 142 Å². The van der Waals surface area contributed by atoms with Gasteiger partial charge in [-0.3, -0.25) is 4.79 Å². The van der Waals surface area contributed by atoms with E-state index < -0.39 is 9.84 Å². The molecule has 0 saturated heterocycles. The van der Waals surface area contributed by atoms with Gasteiger partial charge in [-0.2, -0.15) is 0 Å². The van der Waals surface area contributed by atoms with E-state index in [1.54, 1.807) is 24.3 Å². The van der Waals surface area contributed by atoms with Gasteiger partial charge < -0.3 is 10.6 Å². The normalized spacial score (nSPS) is 17.1. The molecule has 126 valence electrons. The molecule has 2 N–H and O–H groups in total. The fraction of sp³-hybridized carbons (Fsp3) is 0.278. The summed E-state index contributed by atoms with van der Waals surface area (Å²) in [7, 11) is -3.19. The molecule has 1 amide bonds. The SMILES string of the molecule is CS(=O)(=O)c1ccc(CNC(=O)C2Cc3ccccc3CN2)cc1. The van der Waals surface area contributed by atoms with Crippen LogP contribution in [0.1, 0.15) is 16.7 Å². The predicted octanol–water partition coefficient (Wildman–Crippen LogP) is 1.42. The molecule has 1 aliphatic rings. The second kappa shape index (κ2) is 6.75. The van der Waals surface area contributed by atoms with E-state index in [1.807, 2.05) is 12.1 Å². The molecule has 0 aliphatic carbocycles. The van der Waals surface area contributed by atoms with Crippen molar-refractivity contribution in [1.82, 2.24) is 10.6 Å². The van der Waals surface area contributed by atoms with Crippen molar-refractivity contribution in [3.05, 3.63) is 65.2 Å². The van der Waals surface area contributed by atoms with E-state index in [0.717, 1.165) is 5.56 Å². The van der Waals surface area contributed by atoms with Crippen LogP contribution in [0.5, 0.6) is 0 Å². The van der Waals surface area contributed by atoms with Gasteiger partial charge in [0.05, 0.1) is 10.9 Å². The third-order valence-electron chi connectivity index (χ3n) is 4.22. The Hall–Kier alpha value is -2.18. The topological polar surface area (TPSA) is 75.3 Å². The number of rotatable bonds is 4. The van der Waals surface area contributed by atoms with Crippen molar-refractivity contribution in [1.29, 1.82) is 0 Å². The summed E-state index contributed by atoms with van der Waals surface area (Å²) >= 11 is 0. The van der Waals surface area contributed by atoms with Gasteiger partial charge in [0, 0.05) is 19.3 Å². The Balaban J connectivity index is 1.58. The highest BCUT2D eigenvalue weighted by Gasteiger charge is 2.23. The Bertz CT molecular complexity index is 845. The van der Waals surface area contributed by atoms with Crippen LogP contribution in [0.2, 0.25) is 0 Å². The lowest BCUT2D eigenvalue weighted by atomic mass is 9.95. The molecule has 0 fully saturated rings. The van der Waals surface area contributed by atoms with Crippen molar-refractivity contribution in [3.8, 4) is 0 Å². The van der Waals surface area contributed by atoms with Crippen molar-refractivity contribution in [2.24, 2.45) is 0 Å². The third kappa shape index (κ3) is 3.83. The summed E-state index contributed by atoms with van der Waals surface area (Å²) in [4.78, 5) is 12.6. The molecule has 0 bridgehead atoms. The average Bonchev–Trinajstić information content (AvgIpc) is 2.59. The summed E-state index contributed by atoms with van der Waals surface area (Å²) in [5.74, 6) is -0.0447. The number of benzene rings is 2. The molecular weight excluding hydrogens is 324 g/mol. The summed E-state index contributed by atoms with van der Waals surface area (Å²) < 4.78 is 22.9. The predicted molar refractivity (Wildman–Crippen MR) is 92.2 cm³/mol. The van der Waals surface area contributed by atoms with E-state index in [1.165, 1.54) is 17.4 Å². The fourth-order valence-electron chi connectivity index (χ4n) is 2.81. The average molecular weight is 344 g/mol. The summed E-state index contributed by atoms with van der Waals surface area (Å²) in [5, 5.41) is 6.16. The van der Waals surface area contributed by atoms with Gasteiger partial charge >= 0.3 is 0 Å². The van der Waals surface area contributed by atoms with Crippen LogP contribution in [0, 0.1) is 0 Å². The van der Waals surface area contributed by atoms with Gasteiger partial charge in [0.1, 0.15) is 0 Å². The molecular formula is C18H20N2O3S. The largest absolute Gasteiger partial charge is 0.351 e. The Morgan fingerprint density at radius 3 is 2.46 bits per heavy atom. The highest BCUT2D eigenvalue weighted by atomic mass is 32.2. The summed E-state index contributed by atoms with van der Waals surface area (Å²) in [6.07, 6.45) is 1.85. The molecule has 6 heteroatoms. The standard InChI is InChI=1S/C18H20N2O3S/c1-24(22,23)16-8-6-13(7-9-16)11-20-18(21)17-10-14-4-2-3-5-15(14)12-19-17/h2-9,17,19H,10-12H2,1H3,(H,20,21). The van der Waals surface area contributed by atoms with Crippen LogP contribution in [0.15, 0.2) is 53.4 Å². The number of hydrogen-bond acceptors (Lipinski definition) is 4. The first-order valence-corrected chi connectivity index (χ1v) is 9.69.